The van der Waals surface area contributed by atoms with Crippen molar-refractivity contribution in [2.24, 2.45) is 17.8 Å². The smallest absolute Gasteiger partial charge is 0.229 e. The highest BCUT2D eigenvalue weighted by atomic mass is 16.5. The van der Waals surface area contributed by atoms with Gasteiger partial charge in [-0.05, 0) is 50.9 Å². The number of carbonyl (C=O) groups excluding carboxylic acids is 1. The first-order valence-electron chi connectivity index (χ1n) is 8.87. The molecule has 5 heteroatoms. The van der Waals surface area contributed by atoms with E-state index in [1.54, 1.807) is 0 Å². The number of hydrogen-bond donors (Lipinski definition) is 0. The van der Waals surface area contributed by atoms with Crippen LogP contribution >= 0.6 is 0 Å². The van der Waals surface area contributed by atoms with Crippen LogP contribution in [0.5, 0.6) is 0 Å². The Morgan fingerprint density at radius 1 is 1.23 bits per heavy atom. The molecule has 1 aromatic rings. The molecular formula is C17H25N3O2. The molecule has 0 aliphatic heterocycles. The summed E-state index contributed by atoms with van der Waals surface area (Å²) in [6.07, 6.45) is 8.51. The summed E-state index contributed by atoms with van der Waals surface area (Å²) in [7, 11) is 0. The van der Waals surface area contributed by atoms with Crippen LogP contribution in [0.25, 0.3) is 0 Å². The van der Waals surface area contributed by atoms with Crippen molar-refractivity contribution in [2.75, 3.05) is 6.54 Å². The van der Waals surface area contributed by atoms with Crippen molar-refractivity contribution in [3.63, 3.8) is 0 Å². The van der Waals surface area contributed by atoms with Crippen LogP contribution in [0.15, 0.2) is 4.52 Å². The average Bonchev–Trinajstić information content (AvgIpc) is 2.95. The zero-order chi connectivity index (χ0) is 15.1. The number of hydrogen-bond acceptors (Lipinski definition) is 4. The molecule has 0 bridgehead atoms. The van der Waals surface area contributed by atoms with Crippen LogP contribution in [-0.2, 0) is 11.3 Å². The summed E-state index contributed by atoms with van der Waals surface area (Å²) in [6, 6.07) is 0. The molecule has 120 valence electrons. The van der Waals surface area contributed by atoms with Crippen molar-refractivity contribution in [1.29, 1.82) is 0 Å². The maximum atomic E-state index is 12.9. The molecule has 3 saturated carbocycles. The standard InChI is InChI=1S/C17H25N3O2/c1-2-20(10-15-18-16(22-19-15)12-6-7-12)17(21)14-9-8-11-4-3-5-13(11)14/h11-14H,2-10H2,1H3/t11-,13-,14-/m0/s1. The second-order valence-electron chi connectivity index (χ2n) is 7.21. The van der Waals surface area contributed by atoms with Crippen molar-refractivity contribution >= 4 is 5.91 Å². The Kier molecular flexibility index (Phi) is 3.66. The lowest BCUT2D eigenvalue weighted by atomic mass is 9.91. The molecule has 0 unspecified atom stereocenters. The monoisotopic (exact) mass is 303 g/mol. The summed E-state index contributed by atoms with van der Waals surface area (Å²) in [5.74, 6) is 3.89. The average molecular weight is 303 g/mol. The maximum absolute atomic E-state index is 12.9. The normalized spacial score (nSPS) is 30.5. The first-order chi connectivity index (χ1) is 10.8. The number of amides is 1. The van der Waals surface area contributed by atoms with E-state index < -0.39 is 0 Å². The lowest BCUT2D eigenvalue weighted by Gasteiger charge is -2.26. The summed E-state index contributed by atoms with van der Waals surface area (Å²) in [4.78, 5) is 19.3. The summed E-state index contributed by atoms with van der Waals surface area (Å²) >= 11 is 0. The summed E-state index contributed by atoms with van der Waals surface area (Å²) in [5.41, 5.74) is 0. The minimum absolute atomic E-state index is 0.238. The van der Waals surface area contributed by atoms with Gasteiger partial charge >= 0.3 is 0 Å². The molecule has 1 heterocycles. The van der Waals surface area contributed by atoms with Gasteiger partial charge in [0.15, 0.2) is 5.82 Å². The van der Waals surface area contributed by atoms with E-state index >= 15 is 0 Å². The molecule has 3 fully saturated rings. The molecule has 22 heavy (non-hydrogen) atoms. The van der Waals surface area contributed by atoms with Crippen molar-refractivity contribution < 1.29 is 9.32 Å². The molecule has 0 radical (unpaired) electrons. The van der Waals surface area contributed by atoms with E-state index in [1.807, 2.05) is 11.8 Å². The summed E-state index contributed by atoms with van der Waals surface area (Å²) in [5, 5.41) is 4.06. The Morgan fingerprint density at radius 2 is 2.09 bits per heavy atom. The maximum Gasteiger partial charge on any atom is 0.229 e. The third kappa shape index (κ3) is 2.55. The Hall–Kier alpha value is -1.39. The third-order valence-electron chi connectivity index (χ3n) is 5.84. The van der Waals surface area contributed by atoms with Crippen LogP contribution in [0.3, 0.4) is 0 Å². The quantitative estimate of drug-likeness (QED) is 0.838. The number of aromatic nitrogens is 2. The van der Waals surface area contributed by atoms with Crippen LogP contribution < -0.4 is 0 Å². The van der Waals surface area contributed by atoms with E-state index in [-0.39, 0.29) is 5.92 Å². The molecule has 0 saturated heterocycles. The highest BCUT2D eigenvalue weighted by Crippen LogP contribution is 2.48. The van der Waals surface area contributed by atoms with Crippen molar-refractivity contribution in [2.45, 2.75) is 64.3 Å². The number of fused-ring (bicyclic) bond motifs is 1. The first kappa shape index (κ1) is 14.2. The predicted molar refractivity (Wildman–Crippen MR) is 80.9 cm³/mol. The molecule has 5 nitrogen and oxygen atoms in total. The fourth-order valence-electron chi connectivity index (χ4n) is 4.45. The summed E-state index contributed by atoms with van der Waals surface area (Å²) < 4.78 is 5.31. The van der Waals surface area contributed by atoms with Gasteiger partial charge in [0.2, 0.25) is 11.8 Å². The molecule has 3 aliphatic carbocycles. The van der Waals surface area contributed by atoms with Crippen molar-refractivity contribution in [3.8, 4) is 0 Å². The van der Waals surface area contributed by atoms with Crippen LogP contribution in [0.4, 0.5) is 0 Å². The fraction of sp³-hybridized carbons (Fsp3) is 0.824. The zero-order valence-electron chi connectivity index (χ0n) is 13.3. The van der Waals surface area contributed by atoms with E-state index in [0.29, 0.717) is 30.1 Å². The van der Waals surface area contributed by atoms with Gasteiger partial charge in [-0.25, -0.2) is 0 Å². The fourth-order valence-corrected chi connectivity index (χ4v) is 4.45. The van der Waals surface area contributed by atoms with Crippen LogP contribution in [0.1, 0.15) is 69.5 Å². The van der Waals surface area contributed by atoms with Gasteiger partial charge in [-0.15, -0.1) is 0 Å². The molecule has 3 atom stereocenters. The zero-order valence-corrected chi connectivity index (χ0v) is 13.3. The molecule has 4 rings (SSSR count). The Labute approximate surface area is 131 Å². The van der Waals surface area contributed by atoms with Crippen LogP contribution in [0.2, 0.25) is 0 Å². The molecule has 0 N–H and O–H groups in total. The number of nitrogens with zero attached hydrogens (tertiary/aromatic N) is 3. The number of rotatable bonds is 5. The largest absolute Gasteiger partial charge is 0.339 e. The minimum atomic E-state index is 0.238. The van der Waals surface area contributed by atoms with E-state index in [1.165, 1.54) is 25.7 Å². The van der Waals surface area contributed by atoms with Gasteiger partial charge in [0, 0.05) is 18.4 Å². The Morgan fingerprint density at radius 3 is 2.86 bits per heavy atom. The summed E-state index contributed by atoms with van der Waals surface area (Å²) in [6.45, 7) is 3.26. The van der Waals surface area contributed by atoms with E-state index in [9.17, 15) is 4.79 Å². The molecule has 0 aromatic carbocycles. The lowest BCUT2D eigenvalue weighted by Crippen LogP contribution is -2.37. The highest BCUT2D eigenvalue weighted by Gasteiger charge is 2.43. The van der Waals surface area contributed by atoms with Gasteiger partial charge in [0.05, 0.1) is 6.54 Å². The third-order valence-corrected chi connectivity index (χ3v) is 5.84. The van der Waals surface area contributed by atoms with Gasteiger partial charge in [0.1, 0.15) is 0 Å². The molecule has 0 spiro atoms. The van der Waals surface area contributed by atoms with Gasteiger partial charge in [-0.3, -0.25) is 4.79 Å². The molecule has 1 aromatic heterocycles. The van der Waals surface area contributed by atoms with Gasteiger partial charge in [-0.1, -0.05) is 18.0 Å². The topological polar surface area (TPSA) is 59.2 Å². The minimum Gasteiger partial charge on any atom is -0.339 e. The van der Waals surface area contributed by atoms with Gasteiger partial charge < -0.3 is 9.42 Å². The second-order valence-corrected chi connectivity index (χ2v) is 7.21. The van der Waals surface area contributed by atoms with Crippen LogP contribution in [0, 0.1) is 17.8 Å². The van der Waals surface area contributed by atoms with Crippen molar-refractivity contribution in [1.82, 2.24) is 15.0 Å². The first-order valence-corrected chi connectivity index (χ1v) is 8.87. The molecule has 1 amide bonds. The lowest BCUT2D eigenvalue weighted by molar-refractivity contribution is -0.137. The Balaban J connectivity index is 1.42. The molecular weight excluding hydrogens is 278 g/mol. The van der Waals surface area contributed by atoms with Crippen molar-refractivity contribution in [3.05, 3.63) is 11.7 Å². The molecule has 3 aliphatic rings. The number of carbonyl (C=O) groups is 1. The highest BCUT2D eigenvalue weighted by molar-refractivity contribution is 5.79. The SMILES string of the molecule is CCN(Cc1noc(C2CC2)n1)C(=O)[C@H]1CC[C@@H]2CCC[C@@H]21. The second kappa shape index (κ2) is 5.67. The van der Waals surface area contributed by atoms with E-state index in [2.05, 4.69) is 10.1 Å². The van der Waals surface area contributed by atoms with Crippen LogP contribution in [-0.4, -0.2) is 27.5 Å². The van der Waals surface area contributed by atoms with E-state index in [0.717, 1.165) is 37.6 Å². The predicted octanol–water partition coefficient (Wildman–Crippen LogP) is 3.12. The Bertz CT molecular complexity index is 552. The van der Waals surface area contributed by atoms with E-state index in [4.69, 9.17) is 4.52 Å². The van der Waals surface area contributed by atoms with Gasteiger partial charge in [-0.2, -0.15) is 4.98 Å². The van der Waals surface area contributed by atoms with Gasteiger partial charge in [0.25, 0.3) is 0 Å².